The molecule has 1 N–H and O–H groups in total. The van der Waals surface area contributed by atoms with Crippen molar-refractivity contribution in [2.75, 3.05) is 25.7 Å². The highest BCUT2D eigenvalue weighted by Crippen LogP contribution is 2.29. The van der Waals surface area contributed by atoms with Gasteiger partial charge in [0.2, 0.25) is 11.8 Å². The molecule has 10 heteroatoms. The van der Waals surface area contributed by atoms with Crippen molar-refractivity contribution in [1.82, 2.24) is 4.90 Å². The summed E-state index contributed by atoms with van der Waals surface area (Å²) in [6.07, 6.45) is 1.73. The molecule has 2 aromatic carbocycles. The second kappa shape index (κ2) is 11.0. The number of carboxylic acid groups (broad SMARTS) is 1. The zero-order valence-electron chi connectivity index (χ0n) is 18.6. The third kappa shape index (κ3) is 5.63. The molecule has 1 heterocycles. The predicted molar refractivity (Wildman–Crippen MR) is 127 cm³/mol. The van der Waals surface area contributed by atoms with E-state index < -0.39 is 29.7 Å². The molecule has 1 fully saturated rings. The molecule has 0 aliphatic carbocycles. The number of hydrogen-bond donors (Lipinski definition) is 1. The number of carboxylic acids is 1. The first-order valence-electron chi connectivity index (χ1n) is 10.3. The maximum Gasteiger partial charge on any atom is 0.328 e. The van der Waals surface area contributed by atoms with Crippen LogP contribution in [0.15, 0.2) is 59.1 Å². The molecule has 3 rings (SSSR count). The van der Waals surface area contributed by atoms with E-state index in [0.29, 0.717) is 29.7 Å². The SMILES string of the molecule is COc1ccc(CCN(C(=O)/C=C/C(=O)O)[C@H]2CC(=O)N(c3ccc(Br)cc3)C2=O)cc1OC. The van der Waals surface area contributed by atoms with Gasteiger partial charge in [-0.2, -0.15) is 0 Å². The van der Waals surface area contributed by atoms with Gasteiger partial charge < -0.3 is 19.5 Å². The monoisotopic (exact) mass is 530 g/mol. The van der Waals surface area contributed by atoms with Crippen LogP contribution in [0.4, 0.5) is 5.69 Å². The van der Waals surface area contributed by atoms with Gasteiger partial charge in [-0.25, -0.2) is 9.69 Å². The molecule has 0 radical (unpaired) electrons. The molecular formula is C24H23BrN2O7. The lowest BCUT2D eigenvalue weighted by Gasteiger charge is -2.26. The van der Waals surface area contributed by atoms with Crippen molar-refractivity contribution in [3.05, 3.63) is 64.7 Å². The molecule has 0 unspecified atom stereocenters. The normalized spacial score (nSPS) is 15.6. The zero-order chi connectivity index (χ0) is 24.8. The lowest BCUT2D eigenvalue weighted by atomic mass is 10.1. The molecule has 0 bridgehead atoms. The number of anilines is 1. The third-order valence-corrected chi connectivity index (χ3v) is 5.85. The van der Waals surface area contributed by atoms with Gasteiger partial charge in [0.05, 0.1) is 26.3 Å². The van der Waals surface area contributed by atoms with Gasteiger partial charge in [-0.1, -0.05) is 22.0 Å². The number of halogens is 1. The fourth-order valence-electron chi connectivity index (χ4n) is 3.66. The van der Waals surface area contributed by atoms with E-state index in [4.69, 9.17) is 14.6 Å². The van der Waals surface area contributed by atoms with Crippen molar-refractivity contribution in [2.45, 2.75) is 18.9 Å². The number of aliphatic carboxylic acids is 1. The summed E-state index contributed by atoms with van der Waals surface area (Å²) in [5.74, 6) is -1.90. The molecule has 2 aromatic rings. The molecule has 9 nitrogen and oxygen atoms in total. The van der Waals surface area contributed by atoms with Crippen LogP contribution in [-0.2, 0) is 25.6 Å². The second-order valence-corrected chi connectivity index (χ2v) is 8.32. The number of methoxy groups -OCH3 is 2. The summed E-state index contributed by atoms with van der Waals surface area (Å²) in [5, 5.41) is 8.92. The summed E-state index contributed by atoms with van der Waals surface area (Å²) in [5.41, 5.74) is 1.20. The minimum absolute atomic E-state index is 0.0795. The van der Waals surface area contributed by atoms with Gasteiger partial charge in [0.1, 0.15) is 6.04 Å². The van der Waals surface area contributed by atoms with Gasteiger partial charge >= 0.3 is 5.97 Å². The van der Waals surface area contributed by atoms with Crippen molar-refractivity contribution in [2.24, 2.45) is 0 Å². The van der Waals surface area contributed by atoms with Gasteiger partial charge in [-0.05, 0) is 48.4 Å². The van der Waals surface area contributed by atoms with Crippen LogP contribution in [0.1, 0.15) is 12.0 Å². The smallest absolute Gasteiger partial charge is 0.328 e. The Morgan fingerprint density at radius 2 is 1.76 bits per heavy atom. The van der Waals surface area contributed by atoms with Crippen LogP contribution >= 0.6 is 15.9 Å². The Morgan fingerprint density at radius 1 is 1.09 bits per heavy atom. The maximum atomic E-state index is 13.2. The molecular weight excluding hydrogens is 508 g/mol. The minimum Gasteiger partial charge on any atom is -0.493 e. The van der Waals surface area contributed by atoms with E-state index >= 15 is 0 Å². The molecule has 3 amide bonds. The first-order chi connectivity index (χ1) is 16.2. The number of ether oxygens (including phenoxy) is 2. The largest absolute Gasteiger partial charge is 0.493 e. The number of benzene rings is 2. The number of amides is 3. The summed E-state index contributed by atoms with van der Waals surface area (Å²) >= 11 is 3.32. The lowest BCUT2D eigenvalue weighted by Crippen LogP contribution is -2.46. The van der Waals surface area contributed by atoms with E-state index in [1.165, 1.54) is 19.1 Å². The predicted octanol–water partition coefficient (Wildman–Crippen LogP) is 2.81. The van der Waals surface area contributed by atoms with Gasteiger partial charge in [-0.15, -0.1) is 0 Å². The Bertz CT molecular complexity index is 1130. The van der Waals surface area contributed by atoms with E-state index in [1.54, 1.807) is 42.5 Å². The molecule has 0 aromatic heterocycles. The van der Waals surface area contributed by atoms with E-state index in [2.05, 4.69) is 15.9 Å². The van der Waals surface area contributed by atoms with Crippen LogP contribution in [-0.4, -0.2) is 60.5 Å². The van der Waals surface area contributed by atoms with Gasteiger partial charge in [-0.3, -0.25) is 14.4 Å². The van der Waals surface area contributed by atoms with E-state index in [9.17, 15) is 19.2 Å². The average Bonchev–Trinajstić information content (AvgIpc) is 3.11. The quantitative estimate of drug-likeness (QED) is 0.391. The highest BCUT2D eigenvalue weighted by atomic mass is 79.9. The molecule has 0 saturated carbocycles. The number of imide groups is 1. The van der Waals surface area contributed by atoms with Gasteiger partial charge in [0.15, 0.2) is 11.5 Å². The van der Waals surface area contributed by atoms with Crippen molar-refractivity contribution < 1.29 is 33.8 Å². The zero-order valence-corrected chi connectivity index (χ0v) is 20.1. The third-order valence-electron chi connectivity index (χ3n) is 5.32. The highest BCUT2D eigenvalue weighted by molar-refractivity contribution is 9.10. The van der Waals surface area contributed by atoms with Gasteiger partial charge in [0.25, 0.3) is 5.91 Å². The molecule has 1 saturated heterocycles. The number of carbonyl (C=O) groups is 4. The van der Waals surface area contributed by atoms with E-state index in [1.807, 2.05) is 0 Å². The summed E-state index contributed by atoms with van der Waals surface area (Å²) in [6, 6.07) is 10.9. The lowest BCUT2D eigenvalue weighted by molar-refractivity contribution is -0.135. The van der Waals surface area contributed by atoms with Crippen LogP contribution < -0.4 is 14.4 Å². The number of rotatable bonds is 9. The Balaban J connectivity index is 1.86. The second-order valence-electron chi connectivity index (χ2n) is 7.41. The average molecular weight is 531 g/mol. The van der Waals surface area contributed by atoms with E-state index in [-0.39, 0.29) is 13.0 Å². The summed E-state index contributed by atoms with van der Waals surface area (Å²) in [7, 11) is 3.03. The Morgan fingerprint density at radius 3 is 2.38 bits per heavy atom. The molecule has 1 aliphatic rings. The van der Waals surface area contributed by atoms with Crippen LogP contribution in [0.2, 0.25) is 0 Å². The summed E-state index contributed by atoms with van der Waals surface area (Å²) in [6.45, 7) is 0.0795. The van der Waals surface area contributed by atoms with Crippen LogP contribution in [0.3, 0.4) is 0 Å². The molecule has 1 atom stereocenters. The standard InChI is InChI=1S/C24H23BrN2O7/c1-33-19-8-3-15(13-20(19)34-2)11-12-26(21(28)9-10-23(30)31)18-14-22(29)27(24(18)32)17-6-4-16(25)5-7-17/h3-10,13,18H,11-12,14H2,1-2H3,(H,30,31)/b10-9+/t18-/m0/s1. The fourth-order valence-corrected chi connectivity index (χ4v) is 3.93. The minimum atomic E-state index is -1.29. The summed E-state index contributed by atoms with van der Waals surface area (Å²) < 4.78 is 11.3. The number of carbonyl (C=O) groups excluding carboxylic acids is 3. The maximum absolute atomic E-state index is 13.2. The topological polar surface area (TPSA) is 113 Å². The molecule has 34 heavy (non-hydrogen) atoms. The number of nitrogens with zero attached hydrogens (tertiary/aromatic N) is 2. The first kappa shape index (κ1) is 25.0. The molecule has 178 valence electrons. The van der Waals surface area contributed by atoms with Crippen molar-refractivity contribution in [3.63, 3.8) is 0 Å². The highest BCUT2D eigenvalue weighted by Gasteiger charge is 2.43. The summed E-state index contributed by atoms with van der Waals surface area (Å²) in [4.78, 5) is 52.0. The van der Waals surface area contributed by atoms with Gasteiger partial charge in [0, 0.05) is 23.2 Å². The van der Waals surface area contributed by atoms with Crippen LogP contribution in [0, 0.1) is 0 Å². The Kier molecular flexibility index (Phi) is 8.06. The number of hydrogen-bond acceptors (Lipinski definition) is 6. The van der Waals surface area contributed by atoms with Crippen molar-refractivity contribution in [1.29, 1.82) is 0 Å². The molecule has 1 aliphatic heterocycles. The fraction of sp³-hybridized carbons (Fsp3) is 0.250. The van der Waals surface area contributed by atoms with E-state index in [0.717, 1.165) is 21.0 Å². The van der Waals surface area contributed by atoms with Crippen LogP contribution in [0.25, 0.3) is 0 Å². The van der Waals surface area contributed by atoms with Crippen molar-refractivity contribution in [3.8, 4) is 11.5 Å². The Hall–Kier alpha value is -3.66. The molecule has 0 spiro atoms. The van der Waals surface area contributed by atoms with Crippen LogP contribution in [0.5, 0.6) is 11.5 Å². The first-order valence-corrected chi connectivity index (χ1v) is 11.1. The Labute approximate surface area is 204 Å². The van der Waals surface area contributed by atoms with Crippen molar-refractivity contribution >= 4 is 45.3 Å².